The molecule has 0 amide bonds. The molecule has 1 aliphatic heterocycles. The van der Waals surface area contributed by atoms with E-state index in [1.807, 2.05) is 6.07 Å². The van der Waals surface area contributed by atoms with Crippen molar-refractivity contribution in [2.24, 2.45) is 0 Å². The largest absolute Gasteiger partial charge is 0.481 e. The first-order chi connectivity index (χ1) is 8.35. The van der Waals surface area contributed by atoms with Crippen LogP contribution in [0.1, 0.15) is 25.7 Å². The molecule has 1 saturated heterocycles. The predicted octanol–water partition coefficient (Wildman–Crippen LogP) is 2.47. The summed E-state index contributed by atoms with van der Waals surface area (Å²) in [6.07, 6.45) is 6.39. The van der Waals surface area contributed by atoms with Crippen LogP contribution in [0.3, 0.4) is 0 Å². The van der Waals surface area contributed by atoms with Crippen LogP contribution in [0.5, 0.6) is 5.88 Å². The summed E-state index contributed by atoms with van der Waals surface area (Å²) in [5.41, 5.74) is 0. The van der Waals surface area contributed by atoms with E-state index in [1.165, 1.54) is 19.3 Å². The zero-order valence-electron chi connectivity index (χ0n) is 10.1. The molecule has 1 unspecified atom stereocenters. The van der Waals surface area contributed by atoms with Gasteiger partial charge >= 0.3 is 0 Å². The molecule has 0 aliphatic carbocycles. The summed E-state index contributed by atoms with van der Waals surface area (Å²) in [7, 11) is 1.62. The minimum atomic E-state index is 0.374. The number of hydrogen-bond acceptors (Lipinski definition) is 4. The van der Waals surface area contributed by atoms with Gasteiger partial charge in [0.25, 0.3) is 0 Å². The van der Waals surface area contributed by atoms with E-state index in [4.69, 9.17) is 16.3 Å². The van der Waals surface area contributed by atoms with Crippen molar-refractivity contribution in [3.63, 3.8) is 0 Å². The molecule has 1 fully saturated rings. The molecular weight excluding hydrogens is 238 g/mol. The van der Waals surface area contributed by atoms with Crippen LogP contribution in [0.15, 0.2) is 12.4 Å². The van der Waals surface area contributed by atoms with Crippen molar-refractivity contribution in [1.29, 1.82) is 0 Å². The third-order valence-electron chi connectivity index (χ3n) is 3.19. The van der Waals surface area contributed by atoms with E-state index < -0.39 is 0 Å². The van der Waals surface area contributed by atoms with E-state index in [9.17, 15) is 0 Å². The Balaban J connectivity index is 2.21. The molecule has 0 saturated carbocycles. The molecule has 0 N–H and O–H groups in total. The minimum absolute atomic E-state index is 0.374. The zero-order chi connectivity index (χ0) is 12.1. The fraction of sp³-hybridized carbons (Fsp3) is 0.667. The van der Waals surface area contributed by atoms with Crippen molar-refractivity contribution in [2.75, 3.05) is 24.4 Å². The predicted molar refractivity (Wildman–Crippen MR) is 68.9 cm³/mol. The number of hydrogen-bond donors (Lipinski definition) is 0. The third kappa shape index (κ3) is 3.00. The van der Waals surface area contributed by atoms with Gasteiger partial charge in [0.05, 0.1) is 7.11 Å². The van der Waals surface area contributed by atoms with Crippen LogP contribution < -0.4 is 9.64 Å². The van der Waals surface area contributed by atoms with Gasteiger partial charge in [-0.2, -0.15) is 0 Å². The van der Waals surface area contributed by atoms with Crippen molar-refractivity contribution in [3.05, 3.63) is 12.4 Å². The van der Waals surface area contributed by atoms with Crippen molar-refractivity contribution in [2.45, 2.75) is 31.7 Å². The number of nitrogens with zero attached hydrogens (tertiary/aromatic N) is 3. The van der Waals surface area contributed by atoms with Gasteiger partial charge in [0.1, 0.15) is 12.1 Å². The molecule has 1 aliphatic rings. The quantitative estimate of drug-likeness (QED) is 0.778. The van der Waals surface area contributed by atoms with Gasteiger partial charge in [0.15, 0.2) is 0 Å². The van der Waals surface area contributed by atoms with Gasteiger partial charge in [-0.15, -0.1) is 11.6 Å². The van der Waals surface area contributed by atoms with E-state index >= 15 is 0 Å². The molecule has 0 aromatic carbocycles. The Labute approximate surface area is 107 Å². The van der Waals surface area contributed by atoms with Gasteiger partial charge in [-0.25, -0.2) is 9.97 Å². The number of anilines is 1. The lowest BCUT2D eigenvalue weighted by Crippen LogP contribution is -2.36. The smallest absolute Gasteiger partial charge is 0.218 e. The molecule has 0 spiro atoms. The normalized spacial score (nSPS) is 21.1. The molecule has 2 heterocycles. The fourth-order valence-corrected chi connectivity index (χ4v) is 2.56. The summed E-state index contributed by atoms with van der Waals surface area (Å²) < 4.78 is 5.14. The lowest BCUT2D eigenvalue weighted by molar-refractivity contribution is 0.396. The molecule has 0 bridgehead atoms. The van der Waals surface area contributed by atoms with Crippen molar-refractivity contribution >= 4 is 17.4 Å². The summed E-state index contributed by atoms with van der Waals surface area (Å²) in [5.74, 6) is 2.17. The number of rotatable bonds is 3. The van der Waals surface area contributed by atoms with Gasteiger partial charge in [-0.1, -0.05) is 12.8 Å². The lowest BCUT2D eigenvalue weighted by Gasteiger charge is -2.29. The number of alkyl halides is 1. The van der Waals surface area contributed by atoms with Crippen LogP contribution in [0, 0.1) is 0 Å². The fourth-order valence-electron chi connectivity index (χ4n) is 2.24. The van der Waals surface area contributed by atoms with Gasteiger partial charge in [-0.05, 0) is 12.8 Å². The summed E-state index contributed by atoms with van der Waals surface area (Å²) >= 11 is 6.05. The first kappa shape index (κ1) is 12.4. The molecule has 94 valence electrons. The highest BCUT2D eigenvalue weighted by atomic mass is 35.5. The number of methoxy groups -OCH3 is 1. The average Bonchev–Trinajstić information content (AvgIpc) is 2.63. The second-order valence-electron chi connectivity index (χ2n) is 4.27. The summed E-state index contributed by atoms with van der Waals surface area (Å²) in [5, 5.41) is 0. The summed E-state index contributed by atoms with van der Waals surface area (Å²) in [6.45, 7) is 1.01. The molecule has 0 radical (unpaired) electrons. The first-order valence-corrected chi connectivity index (χ1v) is 6.57. The molecule has 17 heavy (non-hydrogen) atoms. The Kier molecular flexibility index (Phi) is 4.42. The average molecular weight is 256 g/mol. The van der Waals surface area contributed by atoms with Crippen LogP contribution in [0.4, 0.5) is 5.82 Å². The zero-order valence-corrected chi connectivity index (χ0v) is 10.9. The van der Waals surface area contributed by atoms with E-state index in [2.05, 4.69) is 14.9 Å². The van der Waals surface area contributed by atoms with Crippen LogP contribution in [0.2, 0.25) is 0 Å². The molecule has 1 aromatic rings. The highest BCUT2D eigenvalue weighted by Crippen LogP contribution is 2.24. The number of aromatic nitrogens is 2. The van der Waals surface area contributed by atoms with E-state index in [1.54, 1.807) is 13.4 Å². The SMILES string of the molecule is COc1cc(N2CCCCCC2CCl)ncn1. The maximum absolute atomic E-state index is 6.05. The maximum atomic E-state index is 6.05. The molecule has 2 rings (SSSR count). The topological polar surface area (TPSA) is 38.2 Å². The van der Waals surface area contributed by atoms with Crippen LogP contribution in [-0.4, -0.2) is 35.5 Å². The molecule has 1 aromatic heterocycles. The van der Waals surface area contributed by atoms with Crippen molar-refractivity contribution in [3.8, 4) is 5.88 Å². The van der Waals surface area contributed by atoms with Crippen molar-refractivity contribution < 1.29 is 4.74 Å². The van der Waals surface area contributed by atoms with Crippen LogP contribution in [0.25, 0.3) is 0 Å². The number of halogens is 1. The summed E-state index contributed by atoms with van der Waals surface area (Å²) in [4.78, 5) is 10.6. The Hall–Kier alpha value is -1.03. The van der Waals surface area contributed by atoms with E-state index in [0.29, 0.717) is 17.8 Å². The van der Waals surface area contributed by atoms with Gasteiger partial charge < -0.3 is 9.64 Å². The molecule has 1 atom stereocenters. The van der Waals surface area contributed by atoms with Crippen LogP contribution >= 0.6 is 11.6 Å². The van der Waals surface area contributed by atoms with E-state index in [0.717, 1.165) is 18.8 Å². The van der Waals surface area contributed by atoms with Gasteiger partial charge in [0, 0.05) is 24.5 Å². The Bertz CT molecular complexity index is 361. The molecular formula is C12H18ClN3O. The molecule has 4 nitrogen and oxygen atoms in total. The Morgan fingerprint density at radius 3 is 3.06 bits per heavy atom. The Morgan fingerprint density at radius 1 is 1.41 bits per heavy atom. The third-order valence-corrected chi connectivity index (χ3v) is 3.54. The van der Waals surface area contributed by atoms with Crippen LogP contribution in [-0.2, 0) is 0 Å². The van der Waals surface area contributed by atoms with E-state index in [-0.39, 0.29) is 0 Å². The number of ether oxygens (including phenoxy) is 1. The molecule has 5 heteroatoms. The highest BCUT2D eigenvalue weighted by Gasteiger charge is 2.21. The Morgan fingerprint density at radius 2 is 2.29 bits per heavy atom. The van der Waals surface area contributed by atoms with Gasteiger partial charge in [-0.3, -0.25) is 0 Å². The van der Waals surface area contributed by atoms with Crippen molar-refractivity contribution in [1.82, 2.24) is 9.97 Å². The van der Waals surface area contributed by atoms with Gasteiger partial charge in [0.2, 0.25) is 5.88 Å². The highest BCUT2D eigenvalue weighted by molar-refractivity contribution is 6.18. The second kappa shape index (κ2) is 6.05. The second-order valence-corrected chi connectivity index (χ2v) is 4.58. The standard InChI is InChI=1S/C12H18ClN3O/c1-17-12-7-11(14-9-15-12)16-6-4-2-3-5-10(16)8-13/h7,9-10H,2-6,8H2,1H3. The first-order valence-electron chi connectivity index (χ1n) is 6.04. The lowest BCUT2D eigenvalue weighted by atomic mass is 10.1. The monoisotopic (exact) mass is 255 g/mol. The maximum Gasteiger partial charge on any atom is 0.218 e. The summed E-state index contributed by atoms with van der Waals surface area (Å²) in [6, 6.07) is 2.25. The minimum Gasteiger partial charge on any atom is -0.481 e.